The smallest absolute Gasteiger partial charge is 0.00357 e. The van der Waals surface area contributed by atoms with Gasteiger partial charge in [0.05, 0.1) is 0 Å². The molecule has 0 aromatic carbocycles. The molecule has 74 valence electrons. The number of hydrogen-bond donors (Lipinski definition) is 1. The summed E-state index contributed by atoms with van der Waals surface area (Å²) in [6, 6.07) is 0.693. The lowest BCUT2D eigenvalue weighted by molar-refractivity contribution is 0.435. The van der Waals surface area contributed by atoms with Gasteiger partial charge in [-0.2, -0.15) is 0 Å². The van der Waals surface area contributed by atoms with E-state index >= 15 is 0 Å². The quantitative estimate of drug-likeness (QED) is 0.620. The average molecular weight is 171 g/mol. The minimum atomic E-state index is 0.693. The van der Waals surface area contributed by atoms with Crippen LogP contribution in [0, 0.1) is 5.92 Å². The zero-order valence-corrected chi connectivity index (χ0v) is 9.19. The van der Waals surface area contributed by atoms with Crippen LogP contribution in [0.2, 0.25) is 0 Å². The van der Waals surface area contributed by atoms with Gasteiger partial charge in [-0.25, -0.2) is 0 Å². The molecule has 1 nitrogen and oxygen atoms in total. The molecule has 12 heavy (non-hydrogen) atoms. The molecule has 1 unspecified atom stereocenters. The van der Waals surface area contributed by atoms with Gasteiger partial charge in [0.1, 0.15) is 0 Å². The maximum Gasteiger partial charge on any atom is 0.00357 e. The molecule has 0 amide bonds. The Kier molecular flexibility index (Phi) is 7.58. The Morgan fingerprint density at radius 1 is 1.08 bits per heavy atom. The maximum atomic E-state index is 3.27. The van der Waals surface area contributed by atoms with Crippen LogP contribution >= 0.6 is 0 Å². The van der Waals surface area contributed by atoms with E-state index in [-0.39, 0.29) is 0 Å². The summed E-state index contributed by atoms with van der Waals surface area (Å²) in [6.07, 6.45) is 6.84. The summed E-state index contributed by atoms with van der Waals surface area (Å²) in [4.78, 5) is 0. The van der Waals surface area contributed by atoms with Gasteiger partial charge in [-0.3, -0.25) is 0 Å². The highest BCUT2D eigenvalue weighted by atomic mass is 14.8. The Labute approximate surface area is 77.9 Å². The molecule has 0 aliphatic rings. The van der Waals surface area contributed by atoms with Crippen LogP contribution in [0.25, 0.3) is 0 Å². The van der Waals surface area contributed by atoms with Crippen LogP contribution in [0.4, 0.5) is 0 Å². The third-order valence-electron chi connectivity index (χ3n) is 2.61. The van der Waals surface area contributed by atoms with Gasteiger partial charge in [-0.05, 0) is 26.3 Å². The summed E-state index contributed by atoms with van der Waals surface area (Å²) in [5.41, 5.74) is 0. The monoisotopic (exact) mass is 171 g/mol. The van der Waals surface area contributed by atoms with Crippen molar-refractivity contribution in [3.05, 3.63) is 0 Å². The van der Waals surface area contributed by atoms with Crippen LogP contribution in [-0.4, -0.2) is 13.1 Å². The third-order valence-corrected chi connectivity index (χ3v) is 2.61. The lowest BCUT2D eigenvalue weighted by atomic mass is 9.98. The van der Waals surface area contributed by atoms with Crippen LogP contribution in [0.5, 0.6) is 0 Å². The van der Waals surface area contributed by atoms with Crippen molar-refractivity contribution in [1.29, 1.82) is 0 Å². The molecule has 0 bridgehead atoms. The van der Waals surface area contributed by atoms with E-state index in [1.165, 1.54) is 32.1 Å². The lowest BCUT2D eigenvalue weighted by Gasteiger charge is -2.12. The van der Waals surface area contributed by atoms with Crippen LogP contribution in [-0.2, 0) is 0 Å². The molecule has 0 aromatic heterocycles. The molecule has 0 fully saturated rings. The van der Waals surface area contributed by atoms with Crippen molar-refractivity contribution in [2.75, 3.05) is 7.05 Å². The highest BCUT2D eigenvalue weighted by Crippen LogP contribution is 2.14. The Bertz CT molecular complexity index is 91.0. The first-order valence-corrected chi connectivity index (χ1v) is 5.38. The fraction of sp³-hybridized carbons (Fsp3) is 1.00. The third kappa shape index (κ3) is 6.66. The van der Waals surface area contributed by atoms with E-state index in [4.69, 9.17) is 0 Å². The van der Waals surface area contributed by atoms with E-state index in [1.807, 2.05) is 7.05 Å². The van der Waals surface area contributed by atoms with Crippen molar-refractivity contribution in [2.24, 2.45) is 5.92 Å². The standard InChI is InChI=1S/C11H25N/c1-5-7-10(2)8-6-9-11(3)12-4/h10-12H,5-9H2,1-4H3/t10?,11-/m0/s1. The van der Waals surface area contributed by atoms with Crippen molar-refractivity contribution in [1.82, 2.24) is 5.32 Å². The van der Waals surface area contributed by atoms with Crippen molar-refractivity contribution in [3.8, 4) is 0 Å². The van der Waals surface area contributed by atoms with Crippen LogP contribution in [0.15, 0.2) is 0 Å². The van der Waals surface area contributed by atoms with Crippen molar-refractivity contribution in [3.63, 3.8) is 0 Å². The molecule has 0 heterocycles. The predicted molar refractivity (Wildman–Crippen MR) is 56.4 cm³/mol. The number of rotatable bonds is 7. The first-order valence-electron chi connectivity index (χ1n) is 5.38. The van der Waals surface area contributed by atoms with E-state index in [2.05, 4.69) is 26.1 Å². The normalized spacial score (nSPS) is 16.0. The molecule has 0 aliphatic carbocycles. The van der Waals surface area contributed by atoms with Gasteiger partial charge < -0.3 is 5.32 Å². The van der Waals surface area contributed by atoms with Crippen molar-refractivity contribution < 1.29 is 0 Å². The molecule has 0 radical (unpaired) electrons. The molecule has 0 spiro atoms. The Morgan fingerprint density at radius 2 is 1.75 bits per heavy atom. The largest absolute Gasteiger partial charge is 0.317 e. The van der Waals surface area contributed by atoms with E-state index in [0.29, 0.717) is 6.04 Å². The lowest BCUT2D eigenvalue weighted by Crippen LogP contribution is -2.20. The molecule has 1 N–H and O–H groups in total. The molecule has 0 rings (SSSR count). The molecular formula is C11H25N. The van der Waals surface area contributed by atoms with Crippen molar-refractivity contribution >= 4 is 0 Å². The van der Waals surface area contributed by atoms with Crippen molar-refractivity contribution in [2.45, 2.75) is 58.9 Å². The summed E-state index contributed by atoms with van der Waals surface area (Å²) in [5, 5.41) is 3.27. The van der Waals surface area contributed by atoms with Crippen LogP contribution < -0.4 is 5.32 Å². The molecule has 2 atom stereocenters. The summed E-state index contributed by atoms with van der Waals surface area (Å²) >= 11 is 0. The predicted octanol–water partition coefficient (Wildman–Crippen LogP) is 3.20. The summed E-state index contributed by atoms with van der Waals surface area (Å²) in [7, 11) is 2.04. The van der Waals surface area contributed by atoms with E-state index in [1.54, 1.807) is 0 Å². The van der Waals surface area contributed by atoms with Gasteiger partial charge in [0.2, 0.25) is 0 Å². The number of hydrogen-bond acceptors (Lipinski definition) is 1. The fourth-order valence-corrected chi connectivity index (χ4v) is 1.55. The van der Waals surface area contributed by atoms with Crippen LogP contribution in [0.1, 0.15) is 52.9 Å². The zero-order valence-electron chi connectivity index (χ0n) is 9.19. The van der Waals surface area contributed by atoms with Gasteiger partial charge in [-0.1, -0.05) is 39.5 Å². The Balaban J connectivity index is 3.18. The second-order valence-electron chi connectivity index (χ2n) is 4.01. The molecular weight excluding hydrogens is 146 g/mol. The fourth-order valence-electron chi connectivity index (χ4n) is 1.55. The van der Waals surface area contributed by atoms with E-state index in [9.17, 15) is 0 Å². The highest BCUT2D eigenvalue weighted by Gasteiger charge is 2.02. The second-order valence-corrected chi connectivity index (χ2v) is 4.01. The van der Waals surface area contributed by atoms with Gasteiger partial charge in [-0.15, -0.1) is 0 Å². The second kappa shape index (κ2) is 7.60. The maximum absolute atomic E-state index is 3.27. The average Bonchev–Trinajstić information content (AvgIpc) is 2.04. The molecule has 0 aliphatic heterocycles. The molecule has 0 saturated heterocycles. The van der Waals surface area contributed by atoms with Gasteiger partial charge in [0, 0.05) is 6.04 Å². The first kappa shape index (κ1) is 12.0. The van der Waals surface area contributed by atoms with Gasteiger partial charge in [0.25, 0.3) is 0 Å². The first-order chi connectivity index (χ1) is 5.70. The molecule has 0 aromatic rings. The summed E-state index contributed by atoms with van der Waals surface area (Å²) in [5.74, 6) is 0.930. The Morgan fingerprint density at radius 3 is 2.25 bits per heavy atom. The van der Waals surface area contributed by atoms with E-state index < -0.39 is 0 Å². The zero-order chi connectivity index (χ0) is 9.40. The van der Waals surface area contributed by atoms with Gasteiger partial charge >= 0.3 is 0 Å². The van der Waals surface area contributed by atoms with E-state index in [0.717, 1.165) is 5.92 Å². The van der Waals surface area contributed by atoms with Crippen LogP contribution in [0.3, 0.4) is 0 Å². The minimum Gasteiger partial charge on any atom is -0.317 e. The molecule has 0 saturated carbocycles. The summed E-state index contributed by atoms with van der Waals surface area (Å²) < 4.78 is 0. The molecule has 1 heteroatoms. The highest BCUT2D eigenvalue weighted by molar-refractivity contribution is 4.59. The number of nitrogens with one attached hydrogen (secondary N) is 1. The minimum absolute atomic E-state index is 0.693. The Hall–Kier alpha value is -0.0400. The topological polar surface area (TPSA) is 12.0 Å². The SMILES string of the molecule is CCCC(C)CCC[C@H](C)NC. The van der Waals surface area contributed by atoms with Gasteiger partial charge in [0.15, 0.2) is 0 Å². The summed E-state index contributed by atoms with van der Waals surface area (Å²) in [6.45, 7) is 6.89.